The summed E-state index contributed by atoms with van der Waals surface area (Å²) in [6.45, 7) is -2.79. The van der Waals surface area contributed by atoms with Gasteiger partial charge in [0.05, 0.1) is 5.52 Å². The summed E-state index contributed by atoms with van der Waals surface area (Å²) in [6.07, 6.45) is 0.0203. The van der Waals surface area contributed by atoms with Gasteiger partial charge in [-0.2, -0.15) is 8.78 Å². The minimum absolute atomic E-state index is 0.00641. The Morgan fingerprint density at radius 3 is 2.65 bits per heavy atom. The van der Waals surface area contributed by atoms with Gasteiger partial charge < -0.3 is 14.5 Å². The highest BCUT2D eigenvalue weighted by atomic mass is 35.5. The van der Waals surface area contributed by atoms with E-state index in [1.807, 2.05) is 0 Å². The lowest BCUT2D eigenvalue weighted by Gasteiger charge is -2.08. The molecule has 0 aliphatic rings. The number of aromatic nitrogens is 1. The summed E-state index contributed by atoms with van der Waals surface area (Å²) in [7, 11) is 0. The molecule has 3 aromatic rings. The van der Waals surface area contributed by atoms with E-state index in [1.54, 1.807) is 12.1 Å². The maximum Gasteiger partial charge on any atom is 0.419 e. The number of oxazole rings is 1. The van der Waals surface area contributed by atoms with Crippen molar-refractivity contribution in [2.45, 2.75) is 19.6 Å². The van der Waals surface area contributed by atoms with Crippen LogP contribution in [0, 0.1) is 0 Å². The molecule has 26 heavy (non-hydrogen) atoms. The molecule has 136 valence electrons. The number of carbonyl (C=O) groups excluding carboxylic acids is 1. The topological polar surface area (TPSA) is 73.5 Å². The Labute approximate surface area is 150 Å². The number of halogens is 3. The Kier molecular flexibility index (Phi) is 5.22. The Balaban J connectivity index is 1.62. The predicted molar refractivity (Wildman–Crippen MR) is 91.8 cm³/mol. The summed E-state index contributed by atoms with van der Waals surface area (Å²) in [6, 6.07) is 10.3. The maximum absolute atomic E-state index is 12.1. The first-order valence-electron chi connectivity index (χ1n) is 7.56. The summed E-state index contributed by atoms with van der Waals surface area (Å²) < 4.78 is 34.9. The van der Waals surface area contributed by atoms with E-state index >= 15 is 0 Å². The molecule has 0 fully saturated rings. The summed E-state index contributed by atoms with van der Waals surface area (Å²) in [5, 5.41) is 3.05. The SMILES string of the molecule is O=C(CCn1c(=O)oc2cc(Cl)ccc21)Nc1ccc(OC(F)F)cc1. The molecule has 1 heterocycles. The first-order valence-corrected chi connectivity index (χ1v) is 7.94. The third kappa shape index (κ3) is 4.20. The molecule has 0 saturated carbocycles. The number of nitrogens with zero attached hydrogens (tertiary/aromatic N) is 1. The minimum Gasteiger partial charge on any atom is -0.435 e. The number of carbonyl (C=O) groups is 1. The number of ether oxygens (including phenoxy) is 1. The van der Waals surface area contributed by atoms with Crippen molar-refractivity contribution in [2.75, 3.05) is 5.32 Å². The van der Waals surface area contributed by atoms with E-state index < -0.39 is 12.4 Å². The number of benzene rings is 2. The van der Waals surface area contributed by atoms with Crippen LogP contribution < -0.4 is 15.8 Å². The molecule has 9 heteroatoms. The lowest BCUT2D eigenvalue weighted by molar-refractivity contribution is -0.116. The van der Waals surface area contributed by atoms with Crippen molar-refractivity contribution >= 4 is 34.3 Å². The molecule has 0 spiro atoms. The van der Waals surface area contributed by atoms with Crippen LogP contribution in [0.15, 0.2) is 51.7 Å². The van der Waals surface area contributed by atoms with Crippen LogP contribution in [0.4, 0.5) is 14.5 Å². The highest BCUT2D eigenvalue weighted by Gasteiger charge is 2.12. The predicted octanol–water partition coefficient (Wildman–Crippen LogP) is 3.88. The van der Waals surface area contributed by atoms with Gasteiger partial charge >= 0.3 is 12.4 Å². The van der Waals surface area contributed by atoms with Gasteiger partial charge in [0.15, 0.2) is 5.58 Å². The van der Waals surface area contributed by atoms with Crippen LogP contribution in [0.25, 0.3) is 11.1 Å². The molecule has 0 aliphatic heterocycles. The Morgan fingerprint density at radius 1 is 1.23 bits per heavy atom. The monoisotopic (exact) mass is 382 g/mol. The molecule has 2 aromatic carbocycles. The number of anilines is 1. The standard InChI is InChI=1S/C17H13ClF2N2O4/c18-10-1-6-13-14(9-10)26-17(24)22(13)8-7-15(23)21-11-2-4-12(5-3-11)25-16(19)20/h1-6,9,16H,7-8H2,(H,21,23). The van der Waals surface area contributed by atoms with E-state index in [0.717, 1.165) is 0 Å². The van der Waals surface area contributed by atoms with E-state index in [4.69, 9.17) is 16.0 Å². The molecule has 0 saturated heterocycles. The van der Waals surface area contributed by atoms with Crippen molar-refractivity contribution in [3.8, 4) is 5.75 Å². The molecule has 0 atom stereocenters. The van der Waals surface area contributed by atoms with Crippen LogP contribution in [0.5, 0.6) is 5.75 Å². The number of hydrogen-bond donors (Lipinski definition) is 1. The molecule has 1 aromatic heterocycles. The summed E-state index contributed by atoms with van der Waals surface area (Å²) >= 11 is 5.85. The molecule has 1 amide bonds. The summed E-state index contributed by atoms with van der Waals surface area (Å²) in [4.78, 5) is 23.9. The molecule has 0 radical (unpaired) electrons. The first-order chi connectivity index (χ1) is 12.4. The van der Waals surface area contributed by atoms with Crippen molar-refractivity contribution in [3.05, 3.63) is 58.0 Å². The molecule has 0 unspecified atom stereocenters. The van der Waals surface area contributed by atoms with E-state index in [2.05, 4.69) is 10.1 Å². The summed E-state index contributed by atoms with van der Waals surface area (Å²) in [5.74, 6) is -0.931. The van der Waals surface area contributed by atoms with Crippen LogP contribution in [0.2, 0.25) is 5.02 Å². The van der Waals surface area contributed by atoms with Crippen molar-refractivity contribution in [2.24, 2.45) is 0 Å². The van der Waals surface area contributed by atoms with E-state index in [1.165, 1.54) is 34.9 Å². The van der Waals surface area contributed by atoms with Gasteiger partial charge in [-0.1, -0.05) is 11.6 Å². The third-order valence-electron chi connectivity index (χ3n) is 3.56. The van der Waals surface area contributed by atoms with E-state index in [9.17, 15) is 18.4 Å². The van der Waals surface area contributed by atoms with Gasteiger partial charge in [0.25, 0.3) is 0 Å². The average molecular weight is 383 g/mol. The Morgan fingerprint density at radius 2 is 1.96 bits per heavy atom. The Bertz CT molecular complexity index is 983. The van der Waals surface area contributed by atoms with Crippen LogP contribution in [0.3, 0.4) is 0 Å². The molecule has 3 rings (SSSR count). The summed E-state index contributed by atoms with van der Waals surface area (Å²) in [5.41, 5.74) is 1.31. The zero-order chi connectivity index (χ0) is 18.7. The van der Waals surface area contributed by atoms with Crippen molar-refractivity contribution in [1.29, 1.82) is 0 Å². The Hall–Kier alpha value is -2.87. The zero-order valence-electron chi connectivity index (χ0n) is 13.2. The average Bonchev–Trinajstić information content (AvgIpc) is 2.88. The second-order valence-corrected chi connectivity index (χ2v) is 5.77. The number of aryl methyl sites for hydroxylation is 1. The normalized spacial score (nSPS) is 11.1. The number of alkyl halides is 2. The van der Waals surface area contributed by atoms with Gasteiger partial charge in [-0.15, -0.1) is 0 Å². The van der Waals surface area contributed by atoms with Crippen LogP contribution in [0.1, 0.15) is 6.42 Å². The second kappa shape index (κ2) is 7.57. The fourth-order valence-electron chi connectivity index (χ4n) is 2.41. The lowest BCUT2D eigenvalue weighted by Crippen LogP contribution is -2.19. The molecule has 6 nitrogen and oxygen atoms in total. The smallest absolute Gasteiger partial charge is 0.419 e. The third-order valence-corrected chi connectivity index (χ3v) is 3.79. The van der Waals surface area contributed by atoms with Crippen molar-refractivity contribution < 1.29 is 22.7 Å². The number of amides is 1. The van der Waals surface area contributed by atoms with Gasteiger partial charge in [0.2, 0.25) is 5.91 Å². The van der Waals surface area contributed by atoms with Gasteiger partial charge in [-0.05, 0) is 36.4 Å². The van der Waals surface area contributed by atoms with Crippen LogP contribution in [-0.4, -0.2) is 17.1 Å². The minimum atomic E-state index is -2.91. The number of hydrogen-bond acceptors (Lipinski definition) is 4. The number of nitrogens with one attached hydrogen (secondary N) is 1. The van der Waals surface area contributed by atoms with Crippen LogP contribution >= 0.6 is 11.6 Å². The van der Waals surface area contributed by atoms with Gasteiger partial charge in [-0.25, -0.2) is 4.79 Å². The van der Waals surface area contributed by atoms with Crippen molar-refractivity contribution in [1.82, 2.24) is 4.57 Å². The second-order valence-electron chi connectivity index (χ2n) is 5.33. The zero-order valence-corrected chi connectivity index (χ0v) is 14.0. The fourth-order valence-corrected chi connectivity index (χ4v) is 2.57. The number of fused-ring (bicyclic) bond motifs is 1. The van der Waals surface area contributed by atoms with E-state index in [-0.39, 0.29) is 24.6 Å². The van der Waals surface area contributed by atoms with Crippen LogP contribution in [-0.2, 0) is 11.3 Å². The molecule has 1 N–H and O–H groups in total. The highest BCUT2D eigenvalue weighted by molar-refractivity contribution is 6.31. The molecular formula is C17H13ClF2N2O4. The maximum atomic E-state index is 12.1. The highest BCUT2D eigenvalue weighted by Crippen LogP contribution is 2.19. The number of rotatable bonds is 6. The lowest BCUT2D eigenvalue weighted by atomic mass is 10.3. The molecule has 0 aliphatic carbocycles. The van der Waals surface area contributed by atoms with Gasteiger partial charge in [-0.3, -0.25) is 9.36 Å². The van der Waals surface area contributed by atoms with Crippen molar-refractivity contribution in [3.63, 3.8) is 0 Å². The van der Waals surface area contributed by atoms with Gasteiger partial charge in [0.1, 0.15) is 5.75 Å². The quantitative estimate of drug-likeness (QED) is 0.702. The van der Waals surface area contributed by atoms with E-state index in [0.29, 0.717) is 21.8 Å². The molecular weight excluding hydrogens is 370 g/mol. The first kappa shape index (κ1) is 17.9. The van der Waals surface area contributed by atoms with Gasteiger partial charge in [0, 0.05) is 29.7 Å². The fraction of sp³-hybridized carbons (Fsp3) is 0.176. The molecule has 0 bridgehead atoms. The largest absolute Gasteiger partial charge is 0.435 e.